The number of nitrogens with zero attached hydrogens (tertiary/aromatic N) is 2. The summed E-state index contributed by atoms with van der Waals surface area (Å²) in [5.74, 6) is 0.780. The van der Waals surface area contributed by atoms with Crippen LogP contribution < -0.4 is 10.1 Å². The molecule has 1 atom stereocenters. The molecular formula is C24H23N3O2. The smallest absolute Gasteiger partial charge is 0.221 e. The molecule has 0 saturated carbocycles. The third-order valence-corrected chi connectivity index (χ3v) is 5.07. The lowest BCUT2D eigenvalue weighted by molar-refractivity contribution is -0.121. The highest BCUT2D eigenvalue weighted by Crippen LogP contribution is 2.29. The zero-order valence-electron chi connectivity index (χ0n) is 16.3. The third-order valence-electron chi connectivity index (χ3n) is 5.07. The van der Waals surface area contributed by atoms with Gasteiger partial charge in [0.25, 0.3) is 0 Å². The van der Waals surface area contributed by atoms with E-state index in [0.717, 1.165) is 28.2 Å². The molecule has 0 bridgehead atoms. The summed E-state index contributed by atoms with van der Waals surface area (Å²) < 4.78 is 7.25. The summed E-state index contributed by atoms with van der Waals surface area (Å²) in [4.78, 5) is 17.2. The first-order chi connectivity index (χ1) is 14.2. The first kappa shape index (κ1) is 18.7. The number of aromatic nitrogens is 2. The second kappa shape index (κ2) is 8.61. The quantitative estimate of drug-likeness (QED) is 0.519. The molecule has 4 rings (SSSR count). The lowest BCUT2D eigenvalue weighted by Crippen LogP contribution is -2.25. The Morgan fingerprint density at radius 2 is 1.72 bits per heavy atom. The highest BCUT2D eigenvalue weighted by atomic mass is 16.5. The number of carbonyl (C=O) groups excluding carboxylic acids is 1. The second-order valence-corrected chi connectivity index (χ2v) is 6.90. The number of pyridine rings is 1. The molecule has 0 spiro atoms. The van der Waals surface area contributed by atoms with Crippen LogP contribution in [0.15, 0.2) is 85.2 Å². The van der Waals surface area contributed by atoms with Gasteiger partial charge in [0.2, 0.25) is 5.91 Å². The Labute approximate surface area is 170 Å². The Morgan fingerprint density at radius 3 is 2.48 bits per heavy atom. The zero-order chi connectivity index (χ0) is 20.1. The molecule has 0 radical (unpaired) electrons. The van der Waals surface area contributed by atoms with Crippen LogP contribution in [0.2, 0.25) is 0 Å². The summed E-state index contributed by atoms with van der Waals surface area (Å²) in [5, 5.41) is 3.05. The maximum atomic E-state index is 12.8. The molecule has 29 heavy (non-hydrogen) atoms. The minimum atomic E-state index is -0.0238. The van der Waals surface area contributed by atoms with Gasteiger partial charge in [0.05, 0.1) is 25.5 Å². The van der Waals surface area contributed by atoms with Crippen molar-refractivity contribution in [1.82, 2.24) is 14.7 Å². The van der Waals surface area contributed by atoms with Gasteiger partial charge in [-0.15, -0.1) is 0 Å². The summed E-state index contributed by atoms with van der Waals surface area (Å²) in [6, 6.07) is 23.9. The predicted molar refractivity (Wildman–Crippen MR) is 113 cm³/mol. The average Bonchev–Trinajstić information content (AvgIpc) is 3.20. The highest BCUT2D eigenvalue weighted by Gasteiger charge is 2.18. The van der Waals surface area contributed by atoms with Crippen molar-refractivity contribution in [2.45, 2.75) is 18.9 Å². The molecule has 4 aromatic rings. The van der Waals surface area contributed by atoms with Gasteiger partial charge in [-0.05, 0) is 35.4 Å². The Bertz CT molecular complexity index is 1090. The first-order valence-electron chi connectivity index (χ1n) is 9.61. The van der Waals surface area contributed by atoms with Gasteiger partial charge in [0, 0.05) is 18.5 Å². The van der Waals surface area contributed by atoms with Crippen molar-refractivity contribution in [2.24, 2.45) is 0 Å². The van der Waals surface area contributed by atoms with Gasteiger partial charge in [0.1, 0.15) is 11.4 Å². The van der Waals surface area contributed by atoms with Crippen molar-refractivity contribution in [1.29, 1.82) is 0 Å². The van der Waals surface area contributed by atoms with E-state index in [-0.39, 0.29) is 11.8 Å². The normalized spacial score (nSPS) is 11.9. The van der Waals surface area contributed by atoms with Crippen molar-refractivity contribution in [3.63, 3.8) is 0 Å². The first-order valence-corrected chi connectivity index (χ1v) is 9.61. The zero-order valence-corrected chi connectivity index (χ0v) is 16.3. The molecular weight excluding hydrogens is 362 g/mol. The molecule has 0 fully saturated rings. The van der Waals surface area contributed by atoms with E-state index < -0.39 is 0 Å². The van der Waals surface area contributed by atoms with Crippen LogP contribution in [0.5, 0.6) is 5.75 Å². The standard InChI is InChI=1S/C24H23N3O2/c1-29-21-12-10-19(11-13-21)22(18-7-3-2-4-8-18)15-24(28)26-17-20-16-25-23-9-5-6-14-27(20)23/h2-14,16,22H,15,17H2,1H3,(H,26,28). The molecule has 0 aliphatic heterocycles. The maximum absolute atomic E-state index is 12.8. The third kappa shape index (κ3) is 4.29. The van der Waals surface area contributed by atoms with E-state index in [1.165, 1.54) is 0 Å². The fourth-order valence-electron chi connectivity index (χ4n) is 3.51. The van der Waals surface area contributed by atoms with E-state index in [1.54, 1.807) is 13.3 Å². The molecule has 2 aromatic carbocycles. The highest BCUT2D eigenvalue weighted by molar-refractivity contribution is 5.77. The van der Waals surface area contributed by atoms with Gasteiger partial charge in [-0.1, -0.05) is 48.5 Å². The summed E-state index contributed by atoms with van der Waals surface area (Å²) in [7, 11) is 1.65. The number of amides is 1. The van der Waals surface area contributed by atoms with Gasteiger partial charge in [-0.2, -0.15) is 0 Å². The molecule has 5 heteroatoms. The van der Waals surface area contributed by atoms with Crippen LogP contribution in [0.3, 0.4) is 0 Å². The maximum Gasteiger partial charge on any atom is 0.221 e. The van der Waals surface area contributed by atoms with Crippen LogP contribution in [0, 0.1) is 0 Å². The van der Waals surface area contributed by atoms with E-state index in [0.29, 0.717) is 13.0 Å². The molecule has 2 aromatic heterocycles. The van der Waals surface area contributed by atoms with Crippen LogP contribution in [0.1, 0.15) is 29.2 Å². The van der Waals surface area contributed by atoms with Crippen LogP contribution in [-0.4, -0.2) is 22.4 Å². The Hall–Kier alpha value is -3.60. The van der Waals surface area contributed by atoms with Crippen LogP contribution in [0.4, 0.5) is 0 Å². The van der Waals surface area contributed by atoms with E-state index in [2.05, 4.69) is 22.4 Å². The molecule has 5 nitrogen and oxygen atoms in total. The topological polar surface area (TPSA) is 55.6 Å². The Kier molecular flexibility index (Phi) is 5.56. The van der Waals surface area contributed by atoms with Crippen LogP contribution in [0.25, 0.3) is 5.65 Å². The number of imidazole rings is 1. The number of hydrogen-bond donors (Lipinski definition) is 1. The van der Waals surface area contributed by atoms with Crippen molar-refractivity contribution < 1.29 is 9.53 Å². The SMILES string of the molecule is COc1ccc(C(CC(=O)NCc2cnc3ccccn23)c2ccccc2)cc1. The number of methoxy groups -OCH3 is 1. The molecule has 1 amide bonds. The van der Waals surface area contributed by atoms with Crippen molar-refractivity contribution in [3.05, 3.63) is 102 Å². The number of ether oxygens (including phenoxy) is 1. The minimum absolute atomic E-state index is 0.000511. The van der Waals surface area contributed by atoms with E-state index in [1.807, 2.05) is 71.3 Å². The Balaban J connectivity index is 1.50. The number of hydrogen-bond acceptors (Lipinski definition) is 3. The van der Waals surface area contributed by atoms with E-state index in [4.69, 9.17) is 4.74 Å². The number of benzene rings is 2. The Morgan fingerprint density at radius 1 is 1.00 bits per heavy atom. The number of nitrogens with one attached hydrogen (secondary N) is 1. The largest absolute Gasteiger partial charge is 0.497 e. The number of rotatable bonds is 7. The van der Waals surface area contributed by atoms with Gasteiger partial charge in [-0.3, -0.25) is 4.79 Å². The molecule has 1 N–H and O–H groups in total. The van der Waals surface area contributed by atoms with Crippen molar-refractivity contribution >= 4 is 11.6 Å². The molecule has 0 aliphatic rings. The summed E-state index contributed by atoms with van der Waals surface area (Å²) in [6.45, 7) is 0.439. The molecule has 1 unspecified atom stereocenters. The molecule has 2 heterocycles. The van der Waals surface area contributed by atoms with Crippen molar-refractivity contribution in [3.8, 4) is 5.75 Å². The van der Waals surface area contributed by atoms with Gasteiger partial charge >= 0.3 is 0 Å². The average molecular weight is 385 g/mol. The molecule has 146 valence electrons. The van der Waals surface area contributed by atoms with E-state index in [9.17, 15) is 4.79 Å². The number of fused-ring (bicyclic) bond motifs is 1. The monoisotopic (exact) mass is 385 g/mol. The van der Waals surface area contributed by atoms with Crippen LogP contribution >= 0.6 is 0 Å². The lowest BCUT2D eigenvalue weighted by atomic mass is 9.88. The van der Waals surface area contributed by atoms with E-state index >= 15 is 0 Å². The summed E-state index contributed by atoms with van der Waals surface area (Å²) in [6.07, 6.45) is 4.12. The fourth-order valence-corrected chi connectivity index (χ4v) is 3.51. The summed E-state index contributed by atoms with van der Waals surface area (Å²) >= 11 is 0. The van der Waals surface area contributed by atoms with Gasteiger partial charge in [-0.25, -0.2) is 4.98 Å². The molecule has 0 saturated heterocycles. The van der Waals surface area contributed by atoms with Gasteiger partial charge < -0.3 is 14.5 Å². The van der Waals surface area contributed by atoms with Gasteiger partial charge in [0.15, 0.2) is 0 Å². The van der Waals surface area contributed by atoms with Crippen LogP contribution in [-0.2, 0) is 11.3 Å². The molecule has 0 aliphatic carbocycles. The minimum Gasteiger partial charge on any atom is -0.497 e. The predicted octanol–water partition coefficient (Wildman–Crippen LogP) is 4.18. The fraction of sp³-hybridized carbons (Fsp3) is 0.167. The second-order valence-electron chi connectivity index (χ2n) is 6.90. The van der Waals surface area contributed by atoms with Crippen molar-refractivity contribution in [2.75, 3.05) is 7.11 Å². The summed E-state index contributed by atoms with van der Waals surface area (Å²) in [5.41, 5.74) is 4.02. The lowest BCUT2D eigenvalue weighted by Gasteiger charge is -2.18. The number of carbonyl (C=O) groups is 1.